The second kappa shape index (κ2) is 4.96. The maximum Gasteiger partial charge on any atom is 0.260 e. The maximum atomic E-state index is 12.5. The van der Waals surface area contributed by atoms with Gasteiger partial charge in [-0.15, -0.1) is 11.3 Å². The molecule has 0 bridgehead atoms. The monoisotopic (exact) mass is 315 g/mol. The SMILES string of the molecule is Cc1cccc(-c2nc3sc4c(c3c(=O)[nH]2)CCSC4)n1. The quantitative estimate of drug-likeness (QED) is 0.749. The van der Waals surface area contributed by atoms with Gasteiger partial charge in [0.1, 0.15) is 10.5 Å². The lowest BCUT2D eigenvalue weighted by Crippen LogP contribution is -2.11. The van der Waals surface area contributed by atoms with E-state index < -0.39 is 0 Å². The van der Waals surface area contributed by atoms with Crippen LogP contribution in [0.25, 0.3) is 21.7 Å². The number of thiophene rings is 1. The molecule has 0 radical (unpaired) electrons. The van der Waals surface area contributed by atoms with E-state index in [4.69, 9.17) is 0 Å². The number of aromatic nitrogens is 3. The van der Waals surface area contributed by atoms with Gasteiger partial charge < -0.3 is 4.98 Å². The zero-order valence-electron chi connectivity index (χ0n) is 11.5. The molecule has 3 aromatic heterocycles. The topological polar surface area (TPSA) is 58.6 Å². The Balaban J connectivity index is 1.96. The number of hydrogen-bond acceptors (Lipinski definition) is 5. The first-order valence-corrected chi connectivity index (χ1v) is 8.76. The van der Waals surface area contributed by atoms with Crippen molar-refractivity contribution in [1.29, 1.82) is 0 Å². The molecule has 0 atom stereocenters. The van der Waals surface area contributed by atoms with Gasteiger partial charge in [0.05, 0.1) is 5.39 Å². The Kier molecular flexibility index (Phi) is 3.08. The molecule has 6 heteroatoms. The fourth-order valence-electron chi connectivity index (χ4n) is 2.63. The molecule has 1 aliphatic heterocycles. The van der Waals surface area contributed by atoms with E-state index in [9.17, 15) is 4.79 Å². The number of aromatic amines is 1. The zero-order chi connectivity index (χ0) is 14.4. The molecule has 4 heterocycles. The molecule has 0 saturated carbocycles. The first kappa shape index (κ1) is 13.0. The van der Waals surface area contributed by atoms with Gasteiger partial charge in [0.2, 0.25) is 0 Å². The highest BCUT2D eigenvalue weighted by Gasteiger charge is 2.20. The van der Waals surface area contributed by atoms with Crippen molar-refractivity contribution >= 4 is 33.3 Å². The summed E-state index contributed by atoms with van der Waals surface area (Å²) >= 11 is 3.57. The molecule has 0 amide bonds. The Morgan fingerprint density at radius 2 is 2.19 bits per heavy atom. The van der Waals surface area contributed by atoms with Crippen molar-refractivity contribution in [2.45, 2.75) is 19.1 Å². The largest absolute Gasteiger partial charge is 0.305 e. The summed E-state index contributed by atoms with van der Waals surface area (Å²) in [5, 5.41) is 0.784. The van der Waals surface area contributed by atoms with Crippen LogP contribution < -0.4 is 5.56 Å². The van der Waals surface area contributed by atoms with Gasteiger partial charge in [-0.05, 0) is 36.8 Å². The van der Waals surface area contributed by atoms with Crippen LogP contribution in [-0.4, -0.2) is 20.7 Å². The Morgan fingerprint density at radius 1 is 1.29 bits per heavy atom. The highest BCUT2D eigenvalue weighted by molar-refractivity contribution is 7.98. The molecular weight excluding hydrogens is 302 g/mol. The number of thioether (sulfide) groups is 1. The minimum absolute atomic E-state index is 0.0392. The highest BCUT2D eigenvalue weighted by atomic mass is 32.2. The van der Waals surface area contributed by atoms with Gasteiger partial charge in [-0.3, -0.25) is 4.79 Å². The van der Waals surface area contributed by atoms with E-state index in [1.54, 1.807) is 11.3 Å². The minimum Gasteiger partial charge on any atom is -0.305 e. The van der Waals surface area contributed by atoms with Gasteiger partial charge in [-0.1, -0.05) is 6.07 Å². The Hall–Kier alpha value is -1.66. The van der Waals surface area contributed by atoms with Crippen LogP contribution in [0.1, 0.15) is 16.1 Å². The summed E-state index contributed by atoms with van der Waals surface area (Å²) in [6, 6.07) is 5.74. The molecule has 0 unspecified atom stereocenters. The van der Waals surface area contributed by atoms with E-state index in [0.29, 0.717) is 5.82 Å². The van der Waals surface area contributed by atoms with E-state index >= 15 is 0 Å². The Labute approximate surface area is 129 Å². The number of nitrogens with one attached hydrogen (secondary N) is 1. The average Bonchev–Trinajstić information content (AvgIpc) is 2.86. The lowest BCUT2D eigenvalue weighted by Gasteiger charge is -2.09. The lowest BCUT2D eigenvalue weighted by molar-refractivity contribution is 1.10. The molecule has 0 spiro atoms. The molecule has 1 aliphatic rings. The summed E-state index contributed by atoms with van der Waals surface area (Å²) in [6.07, 6.45) is 0.965. The van der Waals surface area contributed by atoms with Crippen molar-refractivity contribution in [2.75, 3.05) is 5.75 Å². The minimum atomic E-state index is -0.0392. The van der Waals surface area contributed by atoms with Gasteiger partial charge in [0, 0.05) is 16.3 Å². The molecule has 0 fully saturated rings. The molecule has 21 heavy (non-hydrogen) atoms. The summed E-state index contributed by atoms with van der Waals surface area (Å²) in [6.45, 7) is 1.93. The molecule has 4 nitrogen and oxygen atoms in total. The van der Waals surface area contributed by atoms with Gasteiger partial charge in [-0.2, -0.15) is 11.8 Å². The summed E-state index contributed by atoms with van der Waals surface area (Å²) in [4.78, 5) is 26.6. The van der Waals surface area contributed by atoms with E-state index in [0.717, 1.165) is 39.5 Å². The smallest absolute Gasteiger partial charge is 0.260 e. The van der Waals surface area contributed by atoms with Crippen molar-refractivity contribution in [1.82, 2.24) is 15.0 Å². The fraction of sp³-hybridized carbons (Fsp3) is 0.267. The predicted octanol–water partition coefficient (Wildman–Crippen LogP) is 3.14. The normalized spacial score (nSPS) is 14.3. The van der Waals surface area contributed by atoms with Crippen molar-refractivity contribution in [2.24, 2.45) is 0 Å². The van der Waals surface area contributed by atoms with Crippen LogP contribution in [-0.2, 0) is 12.2 Å². The van der Waals surface area contributed by atoms with Crippen LogP contribution in [0.4, 0.5) is 0 Å². The van der Waals surface area contributed by atoms with E-state index in [-0.39, 0.29) is 5.56 Å². The Morgan fingerprint density at radius 3 is 3.05 bits per heavy atom. The zero-order valence-corrected chi connectivity index (χ0v) is 13.1. The summed E-state index contributed by atoms with van der Waals surface area (Å²) in [5.41, 5.74) is 2.79. The van der Waals surface area contributed by atoms with Gasteiger partial charge in [0.25, 0.3) is 5.56 Å². The molecule has 4 rings (SSSR count). The number of pyridine rings is 1. The van der Waals surface area contributed by atoms with Crippen LogP contribution in [0, 0.1) is 6.92 Å². The van der Waals surface area contributed by atoms with Crippen LogP contribution in [0.3, 0.4) is 0 Å². The number of nitrogens with zero attached hydrogens (tertiary/aromatic N) is 2. The van der Waals surface area contributed by atoms with Gasteiger partial charge >= 0.3 is 0 Å². The molecular formula is C15H13N3OS2. The average molecular weight is 315 g/mol. The van der Waals surface area contributed by atoms with Crippen molar-refractivity contribution in [3.05, 3.63) is 44.7 Å². The first-order valence-electron chi connectivity index (χ1n) is 6.79. The molecule has 106 valence electrons. The van der Waals surface area contributed by atoms with Gasteiger partial charge in [-0.25, -0.2) is 9.97 Å². The predicted molar refractivity (Wildman–Crippen MR) is 88.1 cm³/mol. The first-order chi connectivity index (χ1) is 10.2. The summed E-state index contributed by atoms with van der Waals surface area (Å²) in [5.74, 6) is 2.63. The van der Waals surface area contributed by atoms with Gasteiger partial charge in [0.15, 0.2) is 5.82 Å². The second-order valence-electron chi connectivity index (χ2n) is 5.07. The van der Waals surface area contributed by atoms with E-state index in [2.05, 4.69) is 15.0 Å². The van der Waals surface area contributed by atoms with Crippen LogP contribution >= 0.6 is 23.1 Å². The third kappa shape index (κ3) is 2.18. The highest BCUT2D eigenvalue weighted by Crippen LogP contribution is 2.35. The molecule has 3 aromatic rings. The molecule has 0 aromatic carbocycles. The second-order valence-corrected chi connectivity index (χ2v) is 7.25. The Bertz CT molecular complexity index is 898. The van der Waals surface area contributed by atoms with Crippen LogP contribution in [0.5, 0.6) is 0 Å². The van der Waals surface area contributed by atoms with E-state index in [1.165, 1.54) is 10.4 Å². The third-order valence-electron chi connectivity index (χ3n) is 3.60. The number of hydrogen-bond donors (Lipinski definition) is 1. The fourth-order valence-corrected chi connectivity index (χ4v) is 4.98. The molecule has 0 saturated heterocycles. The summed E-state index contributed by atoms with van der Waals surface area (Å²) < 4.78 is 0. The number of H-pyrrole nitrogens is 1. The number of rotatable bonds is 1. The van der Waals surface area contributed by atoms with Crippen molar-refractivity contribution in [3.63, 3.8) is 0 Å². The van der Waals surface area contributed by atoms with Crippen molar-refractivity contribution < 1.29 is 0 Å². The number of aryl methyl sites for hydroxylation is 2. The molecule has 0 aliphatic carbocycles. The van der Waals surface area contributed by atoms with Crippen molar-refractivity contribution in [3.8, 4) is 11.5 Å². The van der Waals surface area contributed by atoms with Crippen LogP contribution in [0.15, 0.2) is 23.0 Å². The number of fused-ring (bicyclic) bond motifs is 3. The lowest BCUT2D eigenvalue weighted by atomic mass is 10.1. The third-order valence-corrected chi connectivity index (χ3v) is 5.90. The molecule has 1 N–H and O–H groups in total. The van der Waals surface area contributed by atoms with E-state index in [1.807, 2.05) is 36.9 Å². The standard InChI is InChI=1S/C15H13N3OS2/c1-8-3-2-4-10(16-8)13-17-14(19)12-9-5-6-20-7-11(9)21-15(12)18-13/h2-4H,5-7H2,1H3,(H,17,18,19). The van der Waals surface area contributed by atoms with Crippen LogP contribution in [0.2, 0.25) is 0 Å². The maximum absolute atomic E-state index is 12.5. The summed E-state index contributed by atoms with van der Waals surface area (Å²) in [7, 11) is 0.